The van der Waals surface area contributed by atoms with E-state index in [0.29, 0.717) is 0 Å². The van der Waals surface area contributed by atoms with Gasteiger partial charge in [0, 0.05) is 23.6 Å². The number of hydrogen-bond acceptors (Lipinski definition) is 2. The first-order chi connectivity index (χ1) is 11.6. The summed E-state index contributed by atoms with van der Waals surface area (Å²) in [6, 6.07) is 0. The molecule has 1 fully saturated rings. The van der Waals surface area contributed by atoms with Gasteiger partial charge in [0.15, 0.2) is 0 Å². The van der Waals surface area contributed by atoms with Gasteiger partial charge in [0.2, 0.25) is 0 Å². The second-order valence-electron chi connectivity index (χ2n) is 10.2. The van der Waals surface area contributed by atoms with Crippen molar-refractivity contribution in [3.8, 4) is 0 Å². The molecule has 0 aromatic heterocycles. The molecule has 3 rings (SSSR count). The lowest BCUT2D eigenvalue weighted by molar-refractivity contribution is -0.134. The van der Waals surface area contributed by atoms with Gasteiger partial charge in [-0.15, -0.1) is 0 Å². The Kier molecular flexibility index (Phi) is 3.67. The second-order valence-corrected chi connectivity index (χ2v) is 10.2. The first-order valence-electron chi connectivity index (χ1n) is 9.74. The molecule has 2 aliphatic heterocycles. The van der Waals surface area contributed by atoms with E-state index in [1.807, 2.05) is 11.9 Å². The fourth-order valence-corrected chi connectivity index (χ4v) is 5.97. The molecule has 1 saturated heterocycles. The Balaban J connectivity index is 2.56. The van der Waals surface area contributed by atoms with Gasteiger partial charge in [-0.05, 0) is 76.3 Å². The molecule has 3 heteroatoms. The van der Waals surface area contributed by atoms with Gasteiger partial charge in [-0.25, -0.2) is 0 Å². The van der Waals surface area contributed by atoms with Crippen LogP contribution in [0.3, 0.4) is 0 Å². The molecular weight excluding hydrogens is 320 g/mol. The average Bonchev–Trinajstić information content (AvgIpc) is 2.82. The Hall–Kier alpha value is -1.35. The van der Waals surface area contributed by atoms with Gasteiger partial charge in [-0.3, -0.25) is 9.69 Å². The molecule has 1 amide bonds. The Morgan fingerprint density at radius 3 is 1.58 bits per heavy atom. The molecule has 0 aliphatic carbocycles. The molecule has 26 heavy (non-hydrogen) atoms. The van der Waals surface area contributed by atoms with Crippen LogP contribution in [0.1, 0.15) is 69.4 Å². The molecule has 1 aromatic carbocycles. The first-order valence-corrected chi connectivity index (χ1v) is 9.74. The smallest absolute Gasteiger partial charge is 0.252 e. The summed E-state index contributed by atoms with van der Waals surface area (Å²) in [5.74, 6) is 0.217. The highest BCUT2D eigenvalue weighted by Crippen LogP contribution is 2.70. The number of amides is 1. The van der Waals surface area contributed by atoms with E-state index in [1.54, 1.807) is 0 Å². The van der Waals surface area contributed by atoms with E-state index in [2.05, 4.69) is 81.2 Å². The molecule has 0 bridgehead atoms. The number of nitrogens with zero attached hydrogens (tertiary/aromatic N) is 2. The van der Waals surface area contributed by atoms with Gasteiger partial charge in [0.1, 0.15) is 5.54 Å². The summed E-state index contributed by atoms with van der Waals surface area (Å²) in [6.07, 6.45) is 0. The number of anilines is 1. The summed E-state index contributed by atoms with van der Waals surface area (Å²) in [5, 5.41) is 0. The van der Waals surface area contributed by atoms with Crippen LogP contribution in [0.25, 0.3) is 0 Å². The predicted molar refractivity (Wildman–Crippen MR) is 110 cm³/mol. The molecular formula is C23H36N2O. The van der Waals surface area contributed by atoms with Crippen LogP contribution < -0.4 is 4.90 Å². The van der Waals surface area contributed by atoms with Crippen molar-refractivity contribution in [1.29, 1.82) is 0 Å². The monoisotopic (exact) mass is 356 g/mol. The van der Waals surface area contributed by atoms with Gasteiger partial charge < -0.3 is 4.90 Å². The van der Waals surface area contributed by atoms with Gasteiger partial charge in [-0.2, -0.15) is 0 Å². The van der Waals surface area contributed by atoms with Crippen molar-refractivity contribution < 1.29 is 4.79 Å². The third-order valence-corrected chi connectivity index (χ3v) is 9.30. The number of fused-ring (bicyclic) bond motifs is 2. The summed E-state index contributed by atoms with van der Waals surface area (Å²) in [7, 11) is 4.11. The summed E-state index contributed by atoms with van der Waals surface area (Å²) in [5.41, 5.74) is 6.45. The van der Waals surface area contributed by atoms with E-state index >= 15 is 0 Å². The van der Waals surface area contributed by atoms with Crippen LogP contribution in [0.4, 0.5) is 5.69 Å². The van der Waals surface area contributed by atoms with Crippen LogP contribution in [-0.4, -0.2) is 30.4 Å². The number of benzene rings is 1. The molecule has 1 unspecified atom stereocenters. The summed E-state index contributed by atoms with van der Waals surface area (Å²) in [4.78, 5) is 18.3. The molecule has 2 aliphatic rings. The van der Waals surface area contributed by atoms with E-state index < -0.39 is 5.54 Å². The molecule has 1 atom stereocenters. The molecule has 0 N–H and O–H groups in total. The van der Waals surface area contributed by atoms with Crippen LogP contribution in [0.2, 0.25) is 0 Å². The van der Waals surface area contributed by atoms with Crippen molar-refractivity contribution in [2.45, 2.75) is 80.3 Å². The van der Waals surface area contributed by atoms with Gasteiger partial charge in [-0.1, -0.05) is 27.7 Å². The third-order valence-electron chi connectivity index (χ3n) is 9.30. The first kappa shape index (κ1) is 19.4. The standard InChI is InChI=1S/C23H36N2O/c1-13-14(2)16(4)18-17(15(13)3)23(19(26)24(18)11)21(7,8)20(5,6)22(9,10)25(23)12/h1-12H3. The Morgan fingerprint density at radius 1 is 0.692 bits per heavy atom. The Morgan fingerprint density at radius 2 is 1.15 bits per heavy atom. The second kappa shape index (κ2) is 4.92. The quantitative estimate of drug-likeness (QED) is 0.662. The summed E-state index contributed by atoms with van der Waals surface area (Å²) in [6.45, 7) is 22.6. The number of carbonyl (C=O) groups is 1. The number of likely N-dealkylation sites (tertiary alicyclic amines) is 1. The average molecular weight is 357 g/mol. The van der Waals surface area contributed by atoms with E-state index in [4.69, 9.17) is 0 Å². The highest BCUT2D eigenvalue weighted by molar-refractivity contribution is 6.10. The Labute approximate surface area is 159 Å². The zero-order chi connectivity index (χ0) is 20.2. The van der Waals surface area contributed by atoms with Crippen molar-refractivity contribution in [2.75, 3.05) is 19.0 Å². The van der Waals surface area contributed by atoms with Crippen molar-refractivity contribution >= 4 is 11.6 Å². The molecule has 0 radical (unpaired) electrons. The molecule has 144 valence electrons. The minimum absolute atomic E-state index is 0.0496. The largest absolute Gasteiger partial charge is 0.313 e. The lowest BCUT2D eigenvalue weighted by Crippen LogP contribution is -2.57. The van der Waals surface area contributed by atoms with Crippen LogP contribution in [-0.2, 0) is 10.3 Å². The highest BCUT2D eigenvalue weighted by Gasteiger charge is 2.76. The Bertz CT molecular complexity index is 831. The maximum absolute atomic E-state index is 14.0. The van der Waals surface area contributed by atoms with Crippen LogP contribution in [0, 0.1) is 38.5 Å². The maximum Gasteiger partial charge on any atom is 0.252 e. The van der Waals surface area contributed by atoms with Gasteiger partial charge in [0.25, 0.3) is 5.91 Å². The maximum atomic E-state index is 14.0. The van der Waals surface area contributed by atoms with Crippen molar-refractivity contribution in [2.24, 2.45) is 10.8 Å². The van der Waals surface area contributed by atoms with Crippen LogP contribution in [0.5, 0.6) is 0 Å². The van der Waals surface area contributed by atoms with E-state index in [-0.39, 0.29) is 22.3 Å². The minimum Gasteiger partial charge on any atom is -0.313 e. The normalized spacial score (nSPS) is 28.9. The molecule has 2 heterocycles. The van der Waals surface area contributed by atoms with Crippen LogP contribution >= 0.6 is 0 Å². The topological polar surface area (TPSA) is 23.6 Å². The van der Waals surface area contributed by atoms with E-state index in [1.165, 1.54) is 27.8 Å². The highest BCUT2D eigenvalue weighted by atomic mass is 16.2. The summed E-state index contributed by atoms with van der Waals surface area (Å²) < 4.78 is 0. The molecule has 1 spiro atoms. The lowest BCUT2D eigenvalue weighted by atomic mass is 9.55. The fourth-order valence-electron chi connectivity index (χ4n) is 5.97. The molecule has 0 saturated carbocycles. The predicted octanol–water partition coefficient (Wildman–Crippen LogP) is 4.87. The summed E-state index contributed by atoms with van der Waals surface area (Å²) >= 11 is 0. The van der Waals surface area contributed by atoms with E-state index in [0.717, 1.165) is 5.69 Å². The number of hydrogen-bond donors (Lipinski definition) is 0. The zero-order valence-electron chi connectivity index (χ0n) is 18.8. The number of likely N-dealkylation sites (N-methyl/N-ethyl adjacent to an activating group) is 2. The number of rotatable bonds is 0. The van der Waals surface area contributed by atoms with Crippen molar-refractivity contribution in [1.82, 2.24) is 4.90 Å². The van der Waals surface area contributed by atoms with Crippen molar-refractivity contribution in [3.05, 3.63) is 27.8 Å². The van der Waals surface area contributed by atoms with Crippen molar-refractivity contribution in [3.63, 3.8) is 0 Å². The lowest BCUT2D eigenvalue weighted by Gasteiger charge is -2.46. The minimum atomic E-state index is -0.641. The molecule has 1 aromatic rings. The van der Waals surface area contributed by atoms with Gasteiger partial charge in [0.05, 0.1) is 5.69 Å². The van der Waals surface area contributed by atoms with E-state index in [9.17, 15) is 4.79 Å². The SMILES string of the molecule is Cc1c(C)c(C)c2c(c1C)N(C)C(=O)C21N(C)C(C)(C)C(C)(C)C1(C)C. The third kappa shape index (κ3) is 1.59. The zero-order valence-corrected chi connectivity index (χ0v) is 18.8. The van der Waals surface area contributed by atoms with Gasteiger partial charge >= 0.3 is 0 Å². The van der Waals surface area contributed by atoms with Crippen LogP contribution in [0.15, 0.2) is 0 Å². The number of carbonyl (C=O) groups excluding carboxylic acids is 1. The molecule has 3 nitrogen and oxygen atoms in total. The fraction of sp³-hybridized carbons (Fsp3) is 0.696.